The second-order valence-electron chi connectivity index (χ2n) is 7.25. The second kappa shape index (κ2) is 6.69. The van der Waals surface area contributed by atoms with E-state index in [0.717, 1.165) is 12.8 Å². The lowest BCUT2D eigenvalue weighted by molar-refractivity contribution is 0.00287. The van der Waals surface area contributed by atoms with Gasteiger partial charge in [-0.1, -0.05) is 13.3 Å². The summed E-state index contributed by atoms with van der Waals surface area (Å²) in [5.74, 6) is 0.944. The van der Waals surface area contributed by atoms with Gasteiger partial charge < -0.3 is 19.0 Å². The Labute approximate surface area is 148 Å². The largest absolute Gasteiger partial charge is 0.445 e. The summed E-state index contributed by atoms with van der Waals surface area (Å²) < 4.78 is 11.1. The Morgan fingerprint density at radius 2 is 2.00 bits per heavy atom. The number of likely N-dealkylation sites (tertiary alicyclic amines) is 1. The maximum Gasteiger partial charge on any atom is 0.410 e. The quantitative estimate of drug-likeness (QED) is 0.835. The summed E-state index contributed by atoms with van der Waals surface area (Å²) in [6.07, 6.45) is 3.12. The fourth-order valence-corrected chi connectivity index (χ4v) is 3.82. The van der Waals surface area contributed by atoms with Crippen LogP contribution in [0.1, 0.15) is 61.7 Å². The molecule has 3 heterocycles. The number of carbonyl (C=O) groups excluding carboxylic acids is 2. The van der Waals surface area contributed by atoms with E-state index in [1.807, 2.05) is 4.90 Å². The van der Waals surface area contributed by atoms with Crippen LogP contribution in [0.2, 0.25) is 0 Å². The van der Waals surface area contributed by atoms with Crippen molar-refractivity contribution in [3.63, 3.8) is 0 Å². The number of aryl methyl sites for hydroxylation is 2. The molecular formula is C18H27N3O4. The van der Waals surface area contributed by atoms with Crippen molar-refractivity contribution in [2.45, 2.75) is 65.0 Å². The number of ether oxygens (including phenoxy) is 1. The van der Waals surface area contributed by atoms with Crippen LogP contribution >= 0.6 is 0 Å². The van der Waals surface area contributed by atoms with Crippen LogP contribution in [0.4, 0.5) is 4.79 Å². The molecule has 0 saturated carbocycles. The highest BCUT2D eigenvalue weighted by atomic mass is 16.6. The van der Waals surface area contributed by atoms with Crippen LogP contribution in [-0.2, 0) is 4.74 Å². The van der Waals surface area contributed by atoms with E-state index in [9.17, 15) is 9.59 Å². The molecule has 0 N–H and O–H groups in total. The van der Waals surface area contributed by atoms with Gasteiger partial charge in [0.15, 0.2) is 11.6 Å². The minimum atomic E-state index is -0.454. The highest BCUT2D eigenvalue weighted by Gasteiger charge is 2.48. The third-order valence-corrected chi connectivity index (χ3v) is 5.30. The number of aromatic nitrogens is 1. The summed E-state index contributed by atoms with van der Waals surface area (Å²) in [6, 6.07) is 0.192. The van der Waals surface area contributed by atoms with Gasteiger partial charge in [-0.05, 0) is 20.3 Å². The first kappa shape index (κ1) is 17.8. The number of hydrogen-bond acceptors (Lipinski definition) is 5. The third kappa shape index (κ3) is 3.37. The lowest BCUT2D eigenvalue weighted by Gasteiger charge is -2.37. The zero-order chi connectivity index (χ0) is 18.2. The Bertz CT molecular complexity index is 661. The number of nitrogens with zero attached hydrogens (tertiary/aromatic N) is 3. The molecule has 25 heavy (non-hydrogen) atoms. The van der Waals surface area contributed by atoms with E-state index in [-0.39, 0.29) is 18.0 Å². The van der Waals surface area contributed by atoms with Gasteiger partial charge in [-0.15, -0.1) is 0 Å². The summed E-state index contributed by atoms with van der Waals surface area (Å²) in [5, 5.41) is 0. The molecule has 2 aliphatic rings. The topological polar surface area (TPSA) is 75.9 Å². The zero-order valence-corrected chi connectivity index (χ0v) is 15.5. The Balaban J connectivity index is 1.63. The highest BCUT2D eigenvalue weighted by molar-refractivity contribution is 5.93. The fraction of sp³-hybridized carbons (Fsp3) is 0.722. The van der Waals surface area contributed by atoms with Crippen molar-refractivity contribution in [1.29, 1.82) is 0 Å². The van der Waals surface area contributed by atoms with Crippen molar-refractivity contribution in [1.82, 2.24) is 14.8 Å². The highest BCUT2D eigenvalue weighted by Crippen LogP contribution is 2.35. The third-order valence-electron chi connectivity index (χ3n) is 5.30. The smallest absolute Gasteiger partial charge is 0.410 e. The van der Waals surface area contributed by atoms with Gasteiger partial charge >= 0.3 is 6.09 Å². The van der Waals surface area contributed by atoms with Crippen LogP contribution in [0.15, 0.2) is 4.42 Å². The van der Waals surface area contributed by atoms with E-state index >= 15 is 0 Å². The molecule has 0 aliphatic carbocycles. The predicted octanol–water partition coefficient (Wildman–Crippen LogP) is 2.91. The Morgan fingerprint density at radius 3 is 2.56 bits per heavy atom. The SMILES string of the molecule is CCC[C@@H](C)N1CC2(CCN(C(=O)c3nc(C)oc3C)CC2)OC1=O. The number of rotatable bonds is 4. The molecule has 0 aromatic carbocycles. The Kier molecular flexibility index (Phi) is 4.75. The second-order valence-corrected chi connectivity index (χ2v) is 7.25. The summed E-state index contributed by atoms with van der Waals surface area (Å²) in [4.78, 5) is 32.7. The van der Waals surface area contributed by atoms with Crippen molar-refractivity contribution in [3.8, 4) is 0 Å². The van der Waals surface area contributed by atoms with Crippen molar-refractivity contribution in [2.75, 3.05) is 19.6 Å². The fourth-order valence-electron chi connectivity index (χ4n) is 3.82. The normalized spacial score (nSPS) is 20.9. The molecule has 1 aromatic heterocycles. The van der Waals surface area contributed by atoms with Crippen molar-refractivity contribution < 1.29 is 18.7 Å². The summed E-state index contributed by atoms with van der Waals surface area (Å²) in [6.45, 7) is 9.42. The van der Waals surface area contributed by atoms with Gasteiger partial charge in [0, 0.05) is 38.9 Å². The minimum absolute atomic E-state index is 0.107. The van der Waals surface area contributed by atoms with Crippen LogP contribution in [-0.4, -0.2) is 58.1 Å². The van der Waals surface area contributed by atoms with Crippen LogP contribution < -0.4 is 0 Å². The maximum absolute atomic E-state index is 12.6. The number of hydrogen-bond donors (Lipinski definition) is 0. The molecule has 2 saturated heterocycles. The molecule has 2 amide bonds. The van der Waals surface area contributed by atoms with E-state index in [0.29, 0.717) is 49.8 Å². The first-order valence-electron chi connectivity index (χ1n) is 9.08. The Hall–Kier alpha value is -2.05. The molecule has 1 aromatic rings. The number of piperidine rings is 1. The van der Waals surface area contributed by atoms with E-state index in [1.54, 1.807) is 18.7 Å². The molecule has 7 heteroatoms. The number of oxazole rings is 1. The van der Waals surface area contributed by atoms with Crippen LogP contribution in [0, 0.1) is 13.8 Å². The van der Waals surface area contributed by atoms with Crippen LogP contribution in [0.3, 0.4) is 0 Å². The van der Waals surface area contributed by atoms with Crippen molar-refractivity contribution >= 4 is 12.0 Å². The molecule has 0 bridgehead atoms. The van der Waals surface area contributed by atoms with Gasteiger partial charge in [0.05, 0.1) is 6.54 Å². The molecule has 1 spiro atoms. The molecule has 2 fully saturated rings. The molecule has 138 valence electrons. The maximum atomic E-state index is 12.6. The molecule has 1 atom stereocenters. The minimum Gasteiger partial charge on any atom is -0.445 e. The standard InChI is InChI=1S/C18H27N3O4/c1-5-6-12(2)21-11-18(25-17(21)23)7-9-20(10-8-18)16(22)15-13(3)24-14(4)19-15/h12H,5-11H2,1-4H3/t12-/m1/s1. The van der Waals surface area contributed by atoms with E-state index in [2.05, 4.69) is 18.8 Å². The van der Waals surface area contributed by atoms with E-state index in [1.165, 1.54) is 0 Å². The average molecular weight is 349 g/mol. The summed E-state index contributed by atoms with van der Waals surface area (Å²) in [7, 11) is 0. The van der Waals surface area contributed by atoms with Crippen molar-refractivity contribution in [2.24, 2.45) is 0 Å². The van der Waals surface area contributed by atoms with Gasteiger partial charge in [-0.3, -0.25) is 4.79 Å². The van der Waals surface area contributed by atoms with Gasteiger partial charge in [0.25, 0.3) is 5.91 Å². The zero-order valence-electron chi connectivity index (χ0n) is 15.5. The lowest BCUT2D eigenvalue weighted by Crippen LogP contribution is -2.49. The van der Waals surface area contributed by atoms with Gasteiger partial charge in [-0.25, -0.2) is 9.78 Å². The molecule has 7 nitrogen and oxygen atoms in total. The van der Waals surface area contributed by atoms with Crippen molar-refractivity contribution in [3.05, 3.63) is 17.3 Å². The summed E-state index contributed by atoms with van der Waals surface area (Å²) >= 11 is 0. The molecule has 3 rings (SSSR count). The van der Waals surface area contributed by atoms with Crippen LogP contribution in [0.5, 0.6) is 0 Å². The predicted molar refractivity (Wildman–Crippen MR) is 91.4 cm³/mol. The molecule has 0 unspecified atom stereocenters. The van der Waals surface area contributed by atoms with E-state index < -0.39 is 5.60 Å². The van der Waals surface area contributed by atoms with Gasteiger partial charge in [-0.2, -0.15) is 0 Å². The first-order valence-corrected chi connectivity index (χ1v) is 9.08. The first-order chi connectivity index (χ1) is 11.8. The molecule has 2 aliphatic heterocycles. The number of amides is 2. The Morgan fingerprint density at radius 1 is 1.32 bits per heavy atom. The van der Waals surface area contributed by atoms with Gasteiger partial charge in [0.2, 0.25) is 0 Å². The van der Waals surface area contributed by atoms with Gasteiger partial charge in [0.1, 0.15) is 11.4 Å². The summed E-state index contributed by atoms with van der Waals surface area (Å²) in [5.41, 5.74) is -0.0694. The average Bonchev–Trinajstić information content (AvgIpc) is 3.07. The molecular weight excluding hydrogens is 322 g/mol. The lowest BCUT2D eigenvalue weighted by atomic mass is 9.90. The van der Waals surface area contributed by atoms with Crippen LogP contribution in [0.25, 0.3) is 0 Å². The number of carbonyl (C=O) groups is 2. The monoisotopic (exact) mass is 349 g/mol. The van der Waals surface area contributed by atoms with E-state index in [4.69, 9.17) is 9.15 Å². The molecule has 0 radical (unpaired) electrons.